The van der Waals surface area contributed by atoms with E-state index in [1.807, 2.05) is 3.58 Å². The molecule has 1 aromatic carbocycles. The summed E-state index contributed by atoms with van der Waals surface area (Å²) < 4.78 is 5.87. The minimum absolute atomic E-state index is 0.759. The number of hydrogen-bond acceptors (Lipinski definition) is 0. The number of hydrogen-bond donors (Lipinski definition) is 0. The van der Waals surface area contributed by atoms with Gasteiger partial charge < -0.3 is 0 Å². The van der Waals surface area contributed by atoms with E-state index in [0.29, 0.717) is 0 Å². The molecular formula is C23H40Sn. The van der Waals surface area contributed by atoms with Crippen molar-refractivity contribution in [3.05, 3.63) is 30.3 Å². The van der Waals surface area contributed by atoms with E-state index in [1.165, 1.54) is 64.2 Å². The zero-order chi connectivity index (χ0) is 17.3. The maximum atomic E-state index is 2.55. The standard InChI is InChI=1S/C13H26.C6H5.C4H9.Sn/c1-4-7-10-13(11-8-5-2)12-9-6-3;1-2-4-6-5-3-1;1-3-4-2;/h1,4-12H2,2-3H3;1-5H;1,3-4H2,2H3;. The van der Waals surface area contributed by atoms with Crippen LogP contribution in [-0.4, -0.2) is 18.4 Å². The first-order valence-corrected chi connectivity index (χ1v) is 17.7. The summed E-state index contributed by atoms with van der Waals surface area (Å²) in [4.78, 5) is 0. The zero-order valence-electron chi connectivity index (χ0n) is 16.6. The summed E-state index contributed by atoms with van der Waals surface area (Å²) in [5, 5.41) is 0. The van der Waals surface area contributed by atoms with Gasteiger partial charge in [-0.15, -0.1) is 0 Å². The van der Waals surface area contributed by atoms with Crippen LogP contribution in [0.25, 0.3) is 0 Å². The first-order valence-electron chi connectivity index (χ1n) is 10.8. The molecule has 0 spiro atoms. The molecule has 1 unspecified atom stereocenters. The molecule has 1 aromatic rings. The summed E-state index contributed by atoms with van der Waals surface area (Å²) in [7, 11) is 0. The molecule has 0 bridgehead atoms. The van der Waals surface area contributed by atoms with Gasteiger partial charge >= 0.3 is 156 Å². The average Bonchev–Trinajstić information content (AvgIpc) is 2.64. The molecule has 1 fully saturated rings. The van der Waals surface area contributed by atoms with E-state index in [9.17, 15) is 0 Å². The Kier molecular flexibility index (Phi) is 8.67. The summed E-state index contributed by atoms with van der Waals surface area (Å²) in [6.45, 7) is 7.18. The molecule has 0 aromatic heterocycles. The molecule has 2 rings (SSSR count). The van der Waals surface area contributed by atoms with Gasteiger partial charge in [0.05, 0.1) is 0 Å². The molecule has 0 amide bonds. The normalized spacial score (nSPS) is 23.3. The molecule has 0 aliphatic carbocycles. The third kappa shape index (κ3) is 4.40. The molecule has 24 heavy (non-hydrogen) atoms. The predicted octanol–water partition coefficient (Wildman–Crippen LogP) is 7.45. The third-order valence-electron chi connectivity index (χ3n) is 6.83. The predicted molar refractivity (Wildman–Crippen MR) is 112 cm³/mol. The first-order chi connectivity index (χ1) is 11.7. The fraction of sp³-hybridized carbons (Fsp3) is 0.739. The Morgan fingerprint density at radius 1 is 0.833 bits per heavy atom. The third-order valence-corrected chi connectivity index (χ3v) is 25.8. The number of rotatable bonds is 10. The van der Waals surface area contributed by atoms with E-state index >= 15 is 0 Å². The second-order valence-corrected chi connectivity index (χ2v) is 22.0. The Labute approximate surface area is 155 Å². The SMILES string of the molecule is CCCC[C]1(CCCC)CCC[CH2][Sn]1([CH2]CCC)[c]1ccccc1. The summed E-state index contributed by atoms with van der Waals surface area (Å²) in [5.74, 6) is 0. The van der Waals surface area contributed by atoms with Gasteiger partial charge in [-0.3, -0.25) is 0 Å². The zero-order valence-corrected chi connectivity index (χ0v) is 19.4. The summed E-state index contributed by atoms with van der Waals surface area (Å²) in [5.41, 5.74) is 0. The Morgan fingerprint density at radius 2 is 1.46 bits per heavy atom. The van der Waals surface area contributed by atoms with Crippen LogP contribution in [0.2, 0.25) is 12.3 Å². The van der Waals surface area contributed by atoms with Crippen molar-refractivity contribution in [2.75, 3.05) is 0 Å². The van der Waals surface area contributed by atoms with Crippen molar-refractivity contribution in [3.63, 3.8) is 0 Å². The van der Waals surface area contributed by atoms with Crippen LogP contribution in [0.4, 0.5) is 0 Å². The Balaban J connectivity index is 2.47. The molecule has 1 heteroatoms. The maximum absolute atomic E-state index is 2.55. The Hall–Kier alpha value is 0.0187. The summed E-state index contributed by atoms with van der Waals surface area (Å²) >= 11 is -2.39. The number of benzene rings is 1. The van der Waals surface area contributed by atoms with E-state index in [-0.39, 0.29) is 0 Å². The van der Waals surface area contributed by atoms with Crippen LogP contribution in [0, 0.1) is 0 Å². The molecule has 0 saturated carbocycles. The average molecular weight is 435 g/mol. The minimum atomic E-state index is -2.39. The van der Waals surface area contributed by atoms with Crippen LogP contribution >= 0.6 is 0 Å². The van der Waals surface area contributed by atoms with Crippen molar-refractivity contribution < 1.29 is 0 Å². The van der Waals surface area contributed by atoms with Gasteiger partial charge in [0.1, 0.15) is 0 Å². The second-order valence-electron chi connectivity index (χ2n) is 8.25. The molecule has 1 aliphatic heterocycles. The molecular weight excluding hydrogens is 395 g/mol. The molecule has 1 aliphatic rings. The molecule has 0 nitrogen and oxygen atoms in total. The van der Waals surface area contributed by atoms with Gasteiger partial charge in [-0.25, -0.2) is 0 Å². The molecule has 0 radical (unpaired) electrons. The van der Waals surface area contributed by atoms with E-state index < -0.39 is 18.4 Å². The van der Waals surface area contributed by atoms with Gasteiger partial charge in [0.15, 0.2) is 0 Å². The van der Waals surface area contributed by atoms with Crippen molar-refractivity contribution in [1.82, 2.24) is 0 Å². The summed E-state index contributed by atoms with van der Waals surface area (Å²) in [6, 6.07) is 12.0. The monoisotopic (exact) mass is 436 g/mol. The van der Waals surface area contributed by atoms with Crippen molar-refractivity contribution >= 4 is 22.0 Å². The van der Waals surface area contributed by atoms with Crippen LogP contribution < -0.4 is 3.58 Å². The van der Waals surface area contributed by atoms with E-state index in [4.69, 9.17) is 0 Å². The summed E-state index contributed by atoms with van der Waals surface area (Å²) in [6.07, 6.45) is 16.2. The number of unbranched alkanes of at least 4 members (excludes halogenated alkanes) is 3. The van der Waals surface area contributed by atoms with E-state index in [0.717, 1.165) is 3.43 Å². The molecule has 0 N–H and O–H groups in total. The van der Waals surface area contributed by atoms with Crippen molar-refractivity contribution in [2.45, 2.75) is 104 Å². The quantitative estimate of drug-likeness (QED) is 0.335. The Bertz CT molecular complexity index is 444. The van der Waals surface area contributed by atoms with Gasteiger partial charge in [-0.2, -0.15) is 0 Å². The van der Waals surface area contributed by atoms with Gasteiger partial charge in [0.25, 0.3) is 0 Å². The topological polar surface area (TPSA) is 0 Å². The van der Waals surface area contributed by atoms with Crippen LogP contribution in [0.3, 0.4) is 0 Å². The van der Waals surface area contributed by atoms with Gasteiger partial charge in [-0.05, 0) is 0 Å². The van der Waals surface area contributed by atoms with Crippen LogP contribution in [-0.2, 0) is 0 Å². The Morgan fingerprint density at radius 3 is 2.04 bits per heavy atom. The van der Waals surface area contributed by atoms with Crippen LogP contribution in [0.15, 0.2) is 30.3 Å². The van der Waals surface area contributed by atoms with Crippen molar-refractivity contribution in [3.8, 4) is 0 Å². The first kappa shape index (κ1) is 20.3. The van der Waals surface area contributed by atoms with Gasteiger partial charge in [0, 0.05) is 0 Å². The van der Waals surface area contributed by atoms with Crippen LogP contribution in [0.1, 0.15) is 91.4 Å². The van der Waals surface area contributed by atoms with E-state index in [2.05, 4.69) is 51.1 Å². The molecule has 1 atom stereocenters. The van der Waals surface area contributed by atoms with Crippen molar-refractivity contribution in [1.29, 1.82) is 0 Å². The fourth-order valence-electron chi connectivity index (χ4n) is 5.50. The molecule has 136 valence electrons. The van der Waals surface area contributed by atoms with E-state index in [1.54, 1.807) is 15.3 Å². The molecule has 1 heterocycles. The second kappa shape index (κ2) is 10.2. The molecule has 1 saturated heterocycles. The van der Waals surface area contributed by atoms with Gasteiger partial charge in [-0.1, -0.05) is 0 Å². The van der Waals surface area contributed by atoms with Crippen molar-refractivity contribution in [2.24, 2.45) is 0 Å². The fourth-order valence-corrected chi connectivity index (χ4v) is 25.8. The van der Waals surface area contributed by atoms with Gasteiger partial charge in [0.2, 0.25) is 0 Å². The van der Waals surface area contributed by atoms with Crippen LogP contribution in [0.5, 0.6) is 0 Å².